The van der Waals surface area contributed by atoms with Gasteiger partial charge in [-0.3, -0.25) is 44.5 Å². The molecule has 0 saturated carbocycles. The van der Waals surface area contributed by atoms with Crippen LogP contribution in [0, 0.1) is 20.2 Å². The standard InChI is InChI=1S/C13H7N5O7/c14-11-10-6(12(20)15-13(10)21)4-9(19)16(11)7-2-1-5(17(22)23)3-8(7)18(24)25/h1-4H,14H2,(H,15,20,21). The third kappa shape index (κ3) is 2.28. The van der Waals surface area contributed by atoms with Gasteiger partial charge in [0.25, 0.3) is 28.7 Å². The lowest BCUT2D eigenvalue weighted by atomic mass is 10.1. The van der Waals surface area contributed by atoms with Gasteiger partial charge in [-0.25, -0.2) is 0 Å². The SMILES string of the molecule is Nc1c2c(cc(=O)n1-c1ccc([N+](=O)[O-])cc1[N+](=O)[O-])C(=O)NC2=O. The number of anilines is 1. The molecule has 0 fully saturated rings. The number of nitrogens with two attached hydrogens (primary N) is 1. The lowest BCUT2D eigenvalue weighted by Gasteiger charge is -2.11. The Bertz CT molecular complexity index is 1060. The van der Waals surface area contributed by atoms with Crippen LogP contribution >= 0.6 is 0 Å². The number of hydrogen-bond acceptors (Lipinski definition) is 8. The van der Waals surface area contributed by atoms with Gasteiger partial charge in [-0.05, 0) is 6.07 Å². The molecule has 1 aromatic carbocycles. The number of carbonyl (C=O) groups is 2. The summed E-state index contributed by atoms with van der Waals surface area (Å²) in [6.07, 6.45) is 0. The van der Waals surface area contributed by atoms with Gasteiger partial charge in [0, 0.05) is 12.1 Å². The molecule has 1 aliphatic rings. The number of nitrogen functional groups attached to an aromatic ring is 1. The van der Waals surface area contributed by atoms with Crippen molar-refractivity contribution in [1.29, 1.82) is 0 Å². The number of nitrogens with one attached hydrogen (secondary N) is 1. The summed E-state index contributed by atoms with van der Waals surface area (Å²) in [6.45, 7) is 0. The molecule has 0 radical (unpaired) electrons. The van der Waals surface area contributed by atoms with E-state index in [2.05, 4.69) is 0 Å². The summed E-state index contributed by atoms with van der Waals surface area (Å²) in [5.41, 5.74) is 2.66. The fourth-order valence-corrected chi connectivity index (χ4v) is 2.49. The number of hydrogen-bond donors (Lipinski definition) is 2. The van der Waals surface area contributed by atoms with Crippen LogP contribution in [0.4, 0.5) is 17.2 Å². The van der Waals surface area contributed by atoms with Gasteiger partial charge < -0.3 is 5.73 Å². The minimum absolute atomic E-state index is 0.242. The van der Waals surface area contributed by atoms with Crippen molar-refractivity contribution in [3.05, 3.63) is 66.0 Å². The van der Waals surface area contributed by atoms with E-state index in [9.17, 15) is 34.6 Å². The number of amides is 2. The number of nitro groups is 2. The topological polar surface area (TPSA) is 180 Å². The van der Waals surface area contributed by atoms with Crippen LogP contribution in [0.2, 0.25) is 0 Å². The maximum Gasteiger partial charge on any atom is 0.300 e. The summed E-state index contributed by atoms with van der Waals surface area (Å²) >= 11 is 0. The Balaban J connectivity index is 2.36. The fourth-order valence-electron chi connectivity index (χ4n) is 2.49. The van der Waals surface area contributed by atoms with Gasteiger partial charge >= 0.3 is 0 Å². The van der Waals surface area contributed by atoms with Gasteiger partial charge in [0.2, 0.25) is 0 Å². The maximum atomic E-state index is 12.3. The molecule has 3 rings (SSSR count). The number of fused-ring (bicyclic) bond motifs is 1. The van der Waals surface area contributed by atoms with Crippen molar-refractivity contribution in [2.75, 3.05) is 5.73 Å². The Morgan fingerprint density at radius 2 is 1.68 bits per heavy atom. The molecule has 25 heavy (non-hydrogen) atoms. The maximum absolute atomic E-state index is 12.3. The van der Waals surface area contributed by atoms with E-state index in [1.54, 1.807) is 0 Å². The molecule has 3 N–H and O–H groups in total. The highest BCUT2D eigenvalue weighted by Gasteiger charge is 2.33. The van der Waals surface area contributed by atoms with Crippen molar-refractivity contribution in [2.45, 2.75) is 0 Å². The van der Waals surface area contributed by atoms with E-state index in [0.29, 0.717) is 10.6 Å². The zero-order valence-electron chi connectivity index (χ0n) is 12.1. The number of non-ortho nitro benzene ring substituents is 1. The van der Waals surface area contributed by atoms with Crippen LogP contribution in [0.1, 0.15) is 20.7 Å². The van der Waals surface area contributed by atoms with Crippen LogP contribution in [-0.2, 0) is 0 Å². The van der Waals surface area contributed by atoms with Crippen molar-refractivity contribution >= 4 is 29.0 Å². The molecular formula is C13H7N5O7. The summed E-state index contributed by atoms with van der Waals surface area (Å²) in [5.74, 6) is -2.15. The number of pyridine rings is 1. The Hall–Kier alpha value is -4.09. The lowest BCUT2D eigenvalue weighted by Crippen LogP contribution is -2.24. The molecule has 0 bridgehead atoms. The Kier molecular flexibility index (Phi) is 3.30. The molecule has 2 amide bonds. The first kappa shape index (κ1) is 15.8. The predicted octanol–water partition coefficient (Wildman–Crippen LogP) is 0.120. The number of imide groups is 1. The third-order valence-corrected chi connectivity index (χ3v) is 3.56. The molecule has 0 spiro atoms. The van der Waals surface area contributed by atoms with E-state index in [1.165, 1.54) is 0 Å². The second-order valence-electron chi connectivity index (χ2n) is 4.96. The van der Waals surface area contributed by atoms with E-state index < -0.39 is 44.4 Å². The van der Waals surface area contributed by atoms with Crippen molar-refractivity contribution in [3.63, 3.8) is 0 Å². The van der Waals surface area contributed by atoms with E-state index in [0.717, 1.165) is 18.2 Å². The minimum atomic E-state index is -0.924. The van der Waals surface area contributed by atoms with E-state index in [-0.39, 0.29) is 16.8 Å². The molecule has 1 aromatic heterocycles. The van der Waals surface area contributed by atoms with Gasteiger partial charge in [-0.1, -0.05) is 0 Å². The number of nitro benzene ring substituents is 2. The molecule has 12 nitrogen and oxygen atoms in total. The third-order valence-electron chi connectivity index (χ3n) is 3.56. The van der Waals surface area contributed by atoms with Gasteiger partial charge in [0.05, 0.1) is 27.0 Å². The molecular weight excluding hydrogens is 338 g/mol. The van der Waals surface area contributed by atoms with Gasteiger partial charge in [-0.15, -0.1) is 0 Å². The summed E-state index contributed by atoms with van der Waals surface area (Å²) in [7, 11) is 0. The summed E-state index contributed by atoms with van der Waals surface area (Å²) < 4.78 is 0.652. The number of aromatic nitrogens is 1. The van der Waals surface area contributed by atoms with Crippen molar-refractivity contribution in [1.82, 2.24) is 9.88 Å². The van der Waals surface area contributed by atoms with Gasteiger partial charge in [-0.2, -0.15) is 0 Å². The molecule has 126 valence electrons. The highest BCUT2D eigenvalue weighted by atomic mass is 16.6. The molecule has 0 aliphatic carbocycles. The van der Waals surface area contributed by atoms with Crippen LogP contribution in [0.15, 0.2) is 29.1 Å². The molecule has 12 heteroatoms. The second kappa shape index (κ2) is 5.23. The van der Waals surface area contributed by atoms with Crippen LogP contribution in [-0.4, -0.2) is 26.2 Å². The van der Waals surface area contributed by atoms with Crippen LogP contribution in [0.5, 0.6) is 0 Å². The first-order chi connectivity index (χ1) is 11.7. The monoisotopic (exact) mass is 345 g/mol. The molecule has 0 unspecified atom stereocenters. The molecule has 0 atom stereocenters. The number of benzene rings is 1. The average molecular weight is 345 g/mol. The van der Waals surface area contributed by atoms with Crippen LogP contribution in [0.3, 0.4) is 0 Å². The Morgan fingerprint density at radius 3 is 2.28 bits per heavy atom. The molecule has 1 aliphatic heterocycles. The predicted molar refractivity (Wildman–Crippen MR) is 81.6 cm³/mol. The summed E-state index contributed by atoms with van der Waals surface area (Å²) in [4.78, 5) is 56.0. The minimum Gasteiger partial charge on any atom is -0.384 e. The normalized spacial score (nSPS) is 12.6. The Labute approximate surface area is 136 Å². The zero-order chi connectivity index (χ0) is 18.5. The Morgan fingerprint density at radius 1 is 1.00 bits per heavy atom. The van der Waals surface area contributed by atoms with Crippen molar-refractivity contribution < 1.29 is 19.4 Å². The number of rotatable bonds is 3. The largest absolute Gasteiger partial charge is 0.384 e. The second-order valence-corrected chi connectivity index (χ2v) is 4.96. The van der Waals surface area contributed by atoms with E-state index in [4.69, 9.17) is 5.73 Å². The smallest absolute Gasteiger partial charge is 0.300 e. The average Bonchev–Trinajstić information content (AvgIpc) is 2.81. The first-order valence-corrected chi connectivity index (χ1v) is 6.56. The van der Waals surface area contributed by atoms with Crippen LogP contribution in [0.25, 0.3) is 5.69 Å². The number of carbonyl (C=O) groups excluding carboxylic acids is 2. The lowest BCUT2D eigenvalue weighted by molar-refractivity contribution is -0.394. The fraction of sp³-hybridized carbons (Fsp3) is 0. The van der Waals surface area contributed by atoms with Gasteiger partial charge in [0.1, 0.15) is 11.5 Å². The summed E-state index contributed by atoms with van der Waals surface area (Å²) in [6, 6.07) is 3.40. The summed E-state index contributed by atoms with van der Waals surface area (Å²) in [5, 5.41) is 24.0. The zero-order valence-corrected chi connectivity index (χ0v) is 12.1. The quantitative estimate of drug-likeness (QED) is 0.446. The van der Waals surface area contributed by atoms with E-state index in [1.807, 2.05) is 5.32 Å². The number of nitrogens with zero attached hydrogens (tertiary/aromatic N) is 3. The highest BCUT2D eigenvalue weighted by Crippen LogP contribution is 2.30. The van der Waals surface area contributed by atoms with Crippen molar-refractivity contribution in [3.8, 4) is 5.69 Å². The molecule has 2 heterocycles. The van der Waals surface area contributed by atoms with E-state index >= 15 is 0 Å². The highest BCUT2D eigenvalue weighted by molar-refractivity contribution is 6.23. The van der Waals surface area contributed by atoms with Crippen LogP contribution < -0.4 is 16.6 Å². The van der Waals surface area contributed by atoms with Crippen molar-refractivity contribution in [2.24, 2.45) is 0 Å². The molecule has 0 saturated heterocycles. The van der Waals surface area contributed by atoms with Gasteiger partial charge in [0.15, 0.2) is 0 Å². The first-order valence-electron chi connectivity index (χ1n) is 6.56. The molecule has 2 aromatic rings.